The van der Waals surface area contributed by atoms with Gasteiger partial charge in [-0.1, -0.05) is 0 Å². The molecule has 4 heteroatoms. The highest BCUT2D eigenvalue weighted by atomic mass is 35.5. The van der Waals surface area contributed by atoms with E-state index in [2.05, 4.69) is 0 Å². The first-order valence-corrected chi connectivity index (χ1v) is 3.86. The smallest absolute Gasteiger partial charge is 0.229 e. The molecule has 0 aromatic carbocycles. The van der Waals surface area contributed by atoms with E-state index in [0.29, 0.717) is 13.2 Å². The topological polar surface area (TPSA) is 35.5 Å². The fourth-order valence-electron chi connectivity index (χ4n) is 0.823. The van der Waals surface area contributed by atoms with E-state index < -0.39 is 5.79 Å². The van der Waals surface area contributed by atoms with E-state index in [0.717, 1.165) is 0 Å². The summed E-state index contributed by atoms with van der Waals surface area (Å²) in [4.78, 5) is 10.6. The molecule has 1 aliphatic heterocycles. The molecule has 64 valence electrons. The second kappa shape index (κ2) is 3.09. The molecule has 0 amide bonds. The van der Waals surface area contributed by atoms with Crippen LogP contribution in [0, 0.1) is 5.92 Å². The summed E-state index contributed by atoms with van der Waals surface area (Å²) < 4.78 is 10.4. The van der Waals surface area contributed by atoms with E-state index >= 15 is 0 Å². The lowest BCUT2D eigenvalue weighted by molar-refractivity contribution is -0.257. The Hall–Kier alpha value is -0.120. The molecule has 1 heterocycles. The Kier molecular flexibility index (Phi) is 2.52. The molecule has 0 aromatic heterocycles. The second-order valence-electron chi connectivity index (χ2n) is 3.02. The number of carbonyl (C=O) groups excluding carboxylic acids is 1. The van der Waals surface area contributed by atoms with Gasteiger partial charge in [0.2, 0.25) is 5.24 Å². The lowest BCUT2D eigenvalue weighted by Gasteiger charge is -2.33. The Morgan fingerprint density at radius 2 is 1.91 bits per heavy atom. The molecule has 1 saturated heterocycles. The molecule has 11 heavy (non-hydrogen) atoms. The van der Waals surface area contributed by atoms with Gasteiger partial charge in [-0.05, 0) is 25.4 Å². The molecule has 0 radical (unpaired) electrons. The zero-order chi connectivity index (χ0) is 8.48. The summed E-state index contributed by atoms with van der Waals surface area (Å²) in [6, 6.07) is 0. The maximum absolute atomic E-state index is 10.6. The van der Waals surface area contributed by atoms with Gasteiger partial charge >= 0.3 is 0 Å². The molecule has 0 bridgehead atoms. The molecule has 1 rings (SSSR count). The van der Waals surface area contributed by atoms with Crippen LogP contribution < -0.4 is 0 Å². The van der Waals surface area contributed by atoms with E-state index in [1.807, 2.05) is 13.8 Å². The fourth-order valence-corrected chi connectivity index (χ4v) is 0.949. The van der Waals surface area contributed by atoms with Gasteiger partial charge < -0.3 is 9.47 Å². The molecular formula is C7H11ClO3. The minimum atomic E-state index is -0.567. The van der Waals surface area contributed by atoms with Crippen molar-refractivity contribution in [1.29, 1.82) is 0 Å². The molecule has 0 spiro atoms. The van der Waals surface area contributed by atoms with Crippen LogP contribution in [0.15, 0.2) is 0 Å². The first kappa shape index (κ1) is 8.97. The molecule has 1 aliphatic rings. The van der Waals surface area contributed by atoms with Crippen LogP contribution >= 0.6 is 11.6 Å². The summed E-state index contributed by atoms with van der Waals surface area (Å²) in [7, 11) is 0. The molecule has 3 nitrogen and oxygen atoms in total. The van der Waals surface area contributed by atoms with Gasteiger partial charge in [0.05, 0.1) is 19.1 Å². The number of ether oxygens (including phenoxy) is 2. The van der Waals surface area contributed by atoms with Crippen molar-refractivity contribution >= 4 is 16.8 Å². The third-order valence-electron chi connectivity index (χ3n) is 1.59. The van der Waals surface area contributed by atoms with Crippen LogP contribution in [0.5, 0.6) is 0 Å². The van der Waals surface area contributed by atoms with Crippen LogP contribution in [-0.2, 0) is 14.3 Å². The molecule has 0 N–H and O–H groups in total. The Bertz CT molecular complexity index is 157. The van der Waals surface area contributed by atoms with Crippen molar-refractivity contribution in [2.24, 2.45) is 5.92 Å². The van der Waals surface area contributed by atoms with Crippen LogP contribution in [0.3, 0.4) is 0 Å². The summed E-state index contributed by atoms with van der Waals surface area (Å²) in [5.41, 5.74) is 0. The van der Waals surface area contributed by atoms with Crippen molar-refractivity contribution in [2.75, 3.05) is 13.2 Å². The summed E-state index contributed by atoms with van der Waals surface area (Å²) in [6.45, 7) is 4.33. The number of hydrogen-bond donors (Lipinski definition) is 0. The largest absolute Gasteiger partial charge is 0.350 e. The van der Waals surface area contributed by atoms with E-state index in [1.54, 1.807) is 0 Å². The van der Waals surface area contributed by atoms with Crippen molar-refractivity contribution in [3.8, 4) is 0 Å². The average Bonchev–Trinajstić information content (AvgIpc) is 1.86. The number of halogens is 1. The summed E-state index contributed by atoms with van der Waals surface area (Å²) in [5, 5.41) is -0.388. The first-order valence-electron chi connectivity index (χ1n) is 3.48. The van der Waals surface area contributed by atoms with Crippen molar-refractivity contribution in [1.82, 2.24) is 0 Å². The molecule has 0 saturated carbocycles. The highest BCUT2D eigenvalue weighted by Crippen LogP contribution is 2.21. The van der Waals surface area contributed by atoms with Crippen LogP contribution in [0.1, 0.15) is 13.8 Å². The fraction of sp³-hybridized carbons (Fsp3) is 0.857. The second-order valence-corrected chi connectivity index (χ2v) is 3.40. The predicted octanol–water partition coefficient (Wildman–Crippen LogP) is 1.15. The third kappa shape index (κ3) is 2.43. The van der Waals surface area contributed by atoms with Gasteiger partial charge in [0.25, 0.3) is 0 Å². The van der Waals surface area contributed by atoms with Crippen LogP contribution in [0.25, 0.3) is 0 Å². The van der Waals surface area contributed by atoms with E-state index in [1.165, 1.54) is 0 Å². The minimum absolute atomic E-state index is 0.301. The molecule has 0 atom stereocenters. The van der Waals surface area contributed by atoms with Crippen molar-refractivity contribution < 1.29 is 14.3 Å². The minimum Gasteiger partial charge on any atom is -0.350 e. The van der Waals surface area contributed by atoms with Crippen molar-refractivity contribution in [2.45, 2.75) is 19.6 Å². The van der Waals surface area contributed by atoms with Gasteiger partial charge in [0.15, 0.2) is 5.79 Å². The highest BCUT2D eigenvalue weighted by Gasteiger charge is 2.31. The quantitative estimate of drug-likeness (QED) is 0.565. The van der Waals surface area contributed by atoms with Gasteiger partial charge in [0, 0.05) is 0 Å². The Balaban J connectivity index is 2.42. The SMILES string of the molecule is CC1(C)OCC(C(=O)Cl)CO1. The van der Waals surface area contributed by atoms with Crippen molar-refractivity contribution in [3.05, 3.63) is 0 Å². The van der Waals surface area contributed by atoms with Crippen LogP contribution in [0.4, 0.5) is 0 Å². The zero-order valence-corrected chi connectivity index (χ0v) is 7.35. The van der Waals surface area contributed by atoms with Gasteiger partial charge in [-0.15, -0.1) is 0 Å². The Labute approximate surface area is 70.6 Å². The normalized spacial score (nSPS) is 25.0. The van der Waals surface area contributed by atoms with Crippen LogP contribution in [-0.4, -0.2) is 24.2 Å². The molecular weight excluding hydrogens is 168 g/mol. The summed E-state index contributed by atoms with van der Waals surface area (Å²) in [5.74, 6) is -0.868. The standard InChI is InChI=1S/C7H11ClO3/c1-7(2)10-3-5(4-11-7)6(8)9/h5H,3-4H2,1-2H3. The Morgan fingerprint density at radius 1 is 1.45 bits per heavy atom. The van der Waals surface area contributed by atoms with Crippen molar-refractivity contribution in [3.63, 3.8) is 0 Å². The van der Waals surface area contributed by atoms with Crippen LogP contribution in [0.2, 0.25) is 0 Å². The number of hydrogen-bond acceptors (Lipinski definition) is 3. The lowest BCUT2D eigenvalue weighted by atomic mass is 10.2. The average molecular weight is 179 g/mol. The van der Waals surface area contributed by atoms with Gasteiger partial charge in [-0.3, -0.25) is 4.79 Å². The van der Waals surface area contributed by atoms with E-state index in [4.69, 9.17) is 21.1 Å². The zero-order valence-electron chi connectivity index (χ0n) is 6.59. The van der Waals surface area contributed by atoms with Gasteiger partial charge in [0.1, 0.15) is 0 Å². The van der Waals surface area contributed by atoms with E-state index in [-0.39, 0.29) is 11.2 Å². The molecule has 0 unspecified atom stereocenters. The monoisotopic (exact) mass is 178 g/mol. The number of carbonyl (C=O) groups is 1. The lowest BCUT2D eigenvalue weighted by Crippen LogP contribution is -2.41. The third-order valence-corrected chi connectivity index (χ3v) is 1.89. The number of rotatable bonds is 1. The summed E-state index contributed by atoms with van der Waals surface area (Å²) in [6.07, 6.45) is 0. The maximum atomic E-state index is 10.6. The molecule has 1 fully saturated rings. The van der Waals surface area contributed by atoms with Gasteiger partial charge in [-0.25, -0.2) is 0 Å². The highest BCUT2D eigenvalue weighted by molar-refractivity contribution is 6.64. The predicted molar refractivity (Wildman–Crippen MR) is 40.3 cm³/mol. The first-order chi connectivity index (χ1) is 5.01. The van der Waals surface area contributed by atoms with E-state index in [9.17, 15) is 4.79 Å². The molecule has 0 aliphatic carbocycles. The Morgan fingerprint density at radius 3 is 2.27 bits per heavy atom. The molecule has 0 aromatic rings. The van der Waals surface area contributed by atoms with Gasteiger partial charge in [-0.2, -0.15) is 0 Å². The summed E-state index contributed by atoms with van der Waals surface area (Å²) >= 11 is 5.25. The maximum Gasteiger partial charge on any atom is 0.229 e.